The van der Waals surface area contributed by atoms with Crippen molar-refractivity contribution >= 4 is 44.9 Å². The number of carbonyl (C=O) groups is 1. The number of anilines is 1. The van der Waals surface area contributed by atoms with Crippen LogP contribution < -0.4 is 10.5 Å². The molecule has 27 heavy (non-hydrogen) atoms. The molecule has 2 aromatic carbocycles. The van der Waals surface area contributed by atoms with Crippen molar-refractivity contribution < 1.29 is 13.2 Å². The second-order valence-corrected chi connectivity index (χ2v) is 8.25. The minimum absolute atomic E-state index is 0. The number of primary amides is 1. The van der Waals surface area contributed by atoms with Crippen molar-refractivity contribution in [3.8, 4) is 11.1 Å². The molecule has 0 aliphatic heterocycles. The first-order chi connectivity index (χ1) is 12.1. The SMILES string of the molecule is Cc1ccc2c(c1C)c(-c1cccc(NS(C)(=O)=O)c1)c(C(N)=O)n2C.Cl. The van der Waals surface area contributed by atoms with Crippen molar-refractivity contribution in [3.63, 3.8) is 0 Å². The fourth-order valence-corrected chi connectivity index (χ4v) is 3.88. The second-order valence-electron chi connectivity index (χ2n) is 6.50. The minimum Gasteiger partial charge on any atom is -0.364 e. The van der Waals surface area contributed by atoms with E-state index in [-0.39, 0.29) is 12.4 Å². The lowest BCUT2D eigenvalue weighted by molar-refractivity contribution is 0.0993. The average molecular weight is 408 g/mol. The third-order valence-corrected chi connectivity index (χ3v) is 5.19. The van der Waals surface area contributed by atoms with Crippen LogP contribution in [-0.4, -0.2) is 25.1 Å². The number of aryl methyl sites for hydroxylation is 3. The van der Waals surface area contributed by atoms with E-state index < -0.39 is 15.9 Å². The van der Waals surface area contributed by atoms with Crippen LogP contribution in [0.5, 0.6) is 0 Å². The molecule has 3 aromatic rings. The smallest absolute Gasteiger partial charge is 0.266 e. The van der Waals surface area contributed by atoms with E-state index in [1.807, 2.05) is 32.0 Å². The zero-order valence-electron chi connectivity index (χ0n) is 15.5. The third-order valence-electron chi connectivity index (χ3n) is 4.59. The summed E-state index contributed by atoms with van der Waals surface area (Å²) in [5.74, 6) is -0.530. The number of halogens is 1. The van der Waals surface area contributed by atoms with E-state index in [2.05, 4.69) is 4.72 Å². The molecule has 0 unspecified atom stereocenters. The monoisotopic (exact) mass is 407 g/mol. The van der Waals surface area contributed by atoms with Gasteiger partial charge in [0.15, 0.2) is 0 Å². The number of aromatic nitrogens is 1. The van der Waals surface area contributed by atoms with Gasteiger partial charge in [-0.1, -0.05) is 18.2 Å². The Balaban J connectivity index is 0.00000261. The van der Waals surface area contributed by atoms with Crippen LogP contribution in [0.15, 0.2) is 36.4 Å². The van der Waals surface area contributed by atoms with E-state index >= 15 is 0 Å². The number of hydrogen-bond acceptors (Lipinski definition) is 3. The van der Waals surface area contributed by atoms with Crippen molar-refractivity contribution in [2.45, 2.75) is 13.8 Å². The molecular formula is C19H22ClN3O3S. The Labute approximate surface area is 164 Å². The molecule has 6 nitrogen and oxygen atoms in total. The molecule has 1 heterocycles. The normalized spacial score (nSPS) is 11.3. The zero-order valence-corrected chi connectivity index (χ0v) is 17.2. The van der Waals surface area contributed by atoms with Gasteiger partial charge in [-0.3, -0.25) is 9.52 Å². The Bertz CT molecular complexity index is 1150. The van der Waals surface area contributed by atoms with Gasteiger partial charge in [-0.15, -0.1) is 12.4 Å². The average Bonchev–Trinajstić information content (AvgIpc) is 2.83. The maximum Gasteiger partial charge on any atom is 0.266 e. The van der Waals surface area contributed by atoms with E-state index in [0.717, 1.165) is 33.8 Å². The number of nitrogens with two attached hydrogens (primary N) is 1. The third kappa shape index (κ3) is 3.79. The second kappa shape index (κ2) is 7.25. The lowest BCUT2D eigenvalue weighted by Crippen LogP contribution is -2.16. The Morgan fingerprint density at radius 2 is 1.81 bits per heavy atom. The minimum atomic E-state index is -3.40. The highest BCUT2D eigenvalue weighted by molar-refractivity contribution is 7.92. The fourth-order valence-electron chi connectivity index (χ4n) is 3.32. The number of nitrogens with zero attached hydrogens (tertiary/aromatic N) is 1. The van der Waals surface area contributed by atoms with E-state index in [4.69, 9.17) is 5.73 Å². The Hall–Kier alpha value is -2.51. The zero-order chi connectivity index (χ0) is 19.2. The van der Waals surface area contributed by atoms with Crippen molar-refractivity contribution in [2.75, 3.05) is 11.0 Å². The van der Waals surface area contributed by atoms with Gasteiger partial charge in [-0.25, -0.2) is 8.42 Å². The number of carbonyl (C=O) groups excluding carboxylic acids is 1. The maximum absolute atomic E-state index is 12.2. The van der Waals surface area contributed by atoms with Crippen LogP contribution in [0.4, 0.5) is 5.69 Å². The molecule has 3 rings (SSSR count). The largest absolute Gasteiger partial charge is 0.364 e. The highest BCUT2D eigenvalue weighted by Crippen LogP contribution is 2.38. The van der Waals surface area contributed by atoms with Crippen molar-refractivity contribution in [3.05, 3.63) is 53.2 Å². The molecule has 0 fully saturated rings. The first-order valence-corrected chi connectivity index (χ1v) is 9.96. The predicted octanol–water partition coefficient (Wildman–Crippen LogP) is 3.35. The van der Waals surface area contributed by atoms with Gasteiger partial charge in [0, 0.05) is 29.2 Å². The van der Waals surface area contributed by atoms with Gasteiger partial charge in [0.1, 0.15) is 5.69 Å². The van der Waals surface area contributed by atoms with Gasteiger partial charge < -0.3 is 10.3 Å². The molecule has 0 saturated heterocycles. The summed E-state index contributed by atoms with van der Waals surface area (Å²) in [4.78, 5) is 12.2. The van der Waals surface area contributed by atoms with Crippen molar-refractivity contribution in [1.29, 1.82) is 0 Å². The topological polar surface area (TPSA) is 94.2 Å². The molecule has 0 bridgehead atoms. The molecule has 1 aromatic heterocycles. The number of sulfonamides is 1. The van der Waals surface area contributed by atoms with Gasteiger partial charge in [0.25, 0.3) is 5.91 Å². The maximum atomic E-state index is 12.2. The number of nitrogens with one attached hydrogen (secondary N) is 1. The van der Waals surface area contributed by atoms with Gasteiger partial charge in [0.2, 0.25) is 10.0 Å². The molecule has 0 radical (unpaired) electrons. The lowest BCUT2D eigenvalue weighted by atomic mass is 9.96. The lowest BCUT2D eigenvalue weighted by Gasteiger charge is -2.09. The van der Waals surface area contributed by atoms with E-state index in [1.165, 1.54) is 0 Å². The van der Waals surface area contributed by atoms with Crippen molar-refractivity contribution in [2.24, 2.45) is 12.8 Å². The number of rotatable bonds is 4. The predicted molar refractivity (Wildman–Crippen MR) is 112 cm³/mol. The van der Waals surface area contributed by atoms with Crippen LogP contribution in [0.1, 0.15) is 21.6 Å². The molecule has 0 spiro atoms. The number of amides is 1. The van der Waals surface area contributed by atoms with Crippen LogP contribution in [0.2, 0.25) is 0 Å². The highest BCUT2D eigenvalue weighted by atomic mass is 35.5. The van der Waals surface area contributed by atoms with Gasteiger partial charge in [-0.2, -0.15) is 0 Å². The first kappa shape index (κ1) is 20.8. The summed E-state index contributed by atoms with van der Waals surface area (Å²) in [6, 6.07) is 10.9. The van der Waals surface area contributed by atoms with Gasteiger partial charge in [0.05, 0.1) is 6.26 Å². The highest BCUT2D eigenvalue weighted by Gasteiger charge is 2.22. The first-order valence-electron chi connectivity index (χ1n) is 8.06. The van der Waals surface area contributed by atoms with Crippen LogP contribution in [0.3, 0.4) is 0 Å². The summed E-state index contributed by atoms with van der Waals surface area (Å²) in [5, 5.41) is 0.942. The summed E-state index contributed by atoms with van der Waals surface area (Å²) < 4.78 is 27.4. The summed E-state index contributed by atoms with van der Waals surface area (Å²) >= 11 is 0. The summed E-state index contributed by atoms with van der Waals surface area (Å²) in [6.45, 7) is 4.02. The summed E-state index contributed by atoms with van der Waals surface area (Å²) in [6.07, 6.45) is 1.10. The van der Waals surface area contributed by atoms with Gasteiger partial charge >= 0.3 is 0 Å². The molecule has 0 aliphatic rings. The van der Waals surface area contributed by atoms with Crippen LogP contribution in [0, 0.1) is 13.8 Å². The Morgan fingerprint density at radius 1 is 1.15 bits per heavy atom. The Morgan fingerprint density at radius 3 is 2.41 bits per heavy atom. The van der Waals surface area contributed by atoms with E-state index in [0.29, 0.717) is 16.9 Å². The van der Waals surface area contributed by atoms with E-state index in [9.17, 15) is 13.2 Å². The number of fused-ring (bicyclic) bond motifs is 1. The standard InChI is InChI=1S/C19H21N3O3S.ClH/c1-11-8-9-15-16(12(11)2)17(18(19(20)23)22(15)3)13-6-5-7-14(10-13)21-26(4,24)25;/h5-10,21H,1-4H3,(H2,20,23);1H. The molecule has 0 aliphatic carbocycles. The van der Waals surface area contributed by atoms with E-state index in [1.54, 1.807) is 29.8 Å². The molecule has 1 amide bonds. The number of benzene rings is 2. The molecule has 3 N–H and O–H groups in total. The fraction of sp³-hybridized carbons (Fsp3) is 0.211. The molecular weight excluding hydrogens is 386 g/mol. The van der Waals surface area contributed by atoms with Crippen LogP contribution in [-0.2, 0) is 17.1 Å². The molecule has 144 valence electrons. The number of hydrogen-bond donors (Lipinski definition) is 2. The molecule has 8 heteroatoms. The molecule has 0 saturated carbocycles. The molecule has 0 atom stereocenters. The van der Waals surface area contributed by atoms with Crippen LogP contribution in [0.25, 0.3) is 22.0 Å². The summed E-state index contributed by atoms with van der Waals surface area (Å²) in [5.41, 5.74) is 11.0. The van der Waals surface area contributed by atoms with Crippen molar-refractivity contribution in [1.82, 2.24) is 4.57 Å². The van der Waals surface area contributed by atoms with Gasteiger partial charge in [-0.05, 0) is 48.7 Å². The van der Waals surface area contributed by atoms with Crippen LogP contribution >= 0.6 is 12.4 Å². The summed E-state index contributed by atoms with van der Waals surface area (Å²) in [7, 11) is -1.60. The quantitative estimate of drug-likeness (QED) is 0.694. The Kier molecular flexibility index (Phi) is 5.58.